The molecule has 0 bridgehead atoms. The number of hydrogen-bond donors (Lipinski definition) is 0. The van der Waals surface area contributed by atoms with Crippen molar-refractivity contribution >= 4 is 17.9 Å². The molecule has 61 heavy (non-hydrogen) atoms. The monoisotopic (exact) mass is 859 g/mol. The van der Waals surface area contributed by atoms with Gasteiger partial charge < -0.3 is 14.2 Å². The van der Waals surface area contributed by atoms with Gasteiger partial charge in [0, 0.05) is 19.3 Å². The number of unbranched alkanes of at least 4 members (excludes halogenated alkanes) is 34. The molecule has 0 amide bonds. The van der Waals surface area contributed by atoms with Crippen LogP contribution >= 0.6 is 0 Å². The Labute approximate surface area is 379 Å². The molecule has 0 aliphatic carbocycles. The Kier molecular flexibility index (Phi) is 48.8. The smallest absolute Gasteiger partial charge is 0.306 e. The van der Waals surface area contributed by atoms with E-state index in [0.717, 1.165) is 70.6 Å². The first kappa shape index (κ1) is 58.9. The Balaban J connectivity index is 4.28. The normalized spacial score (nSPS) is 12.1. The first-order chi connectivity index (χ1) is 30.0. The standard InChI is InChI=1S/C55H102O6/c1-4-7-10-13-16-19-21-23-25-27-28-30-31-33-36-39-42-45-48-54(57)60-51-52(50-59-53(56)47-44-41-38-35-18-15-12-9-6-3)61-55(58)49-46-43-40-37-34-32-29-26-24-22-20-17-14-11-8-5-2/h19,21,25,27,52H,4-18,20,22-24,26,28-51H2,1-3H3/b21-19-,27-25-. The lowest BCUT2D eigenvalue weighted by molar-refractivity contribution is -0.167. The van der Waals surface area contributed by atoms with Crippen molar-refractivity contribution in [1.82, 2.24) is 0 Å². The first-order valence-corrected chi connectivity index (χ1v) is 26.8. The highest BCUT2D eigenvalue weighted by molar-refractivity contribution is 5.71. The van der Waals surface area contributed by atoms with Crippen molar-refractivity contribution in [2.45, 2.75) is 297 Å². The van der Waals surface area contributed by atoms with Gasteiger partial charge in [-0.3, -0.25) is 14.4 Å². The Morgan fingerprint density at radius 3 is 0.918 bits per heavy atom. The third kappa shape index (κ3) is 48.8. The number of carbonyl (C=O) groups is 3. The van der Waals surface area contributed by atoms with Gasteiger partial charge in [-0.2, -0.15) is 0 Å². The van der Waals surface area contributed by atoms with Crippen LogP contribution in [-0.2, 0) is 28.6 Å². The molecule has 0 radical (unpaired) electrons. The summed E-state index contributed by atoms with van der Waals surface area (Å²) in [6.07, 6.45) is 57.4. The quantitative estimate of drug-likeness (QED) is 0.0262. The summed E-state index contributed by atoms with van der Waals surface area (Å²) in [7, 11) is 0. The van der Waals surface area contributed by atoms with Crippen LogP contribution in [0.3, 0.4) is 0 Å². The number of allylic oxidation sites excluding steroid dienone is 4. The number of esters is 3. The molecular weight excluding hydrogens is 757 g/mol. The molecule has 0 aliphatic heterocycles. The van der Waals surface area contributed by atoms with Crippen molar-refractivity contribution in [1.29, 1.82) is 0 Å². The van der Waals surface area contributed by atoms with E-state index in [4.69, 9.17) is 14.2 Å². The van der Waals surface area contributed by atoms with Crippen molar-refractivity contribution in [2.75, 3.05) is 13.2 Å². The van der Waals surface area contributed by atoms with Gasteiger partial charge in [0.05, 0.1) is 0 Å². The minimum atomic E-state index is -0.767. The molecule has 358 valence electrons. The van der Waals surface area contributed by atoms with E-state index in [0.29, 0.717) is 19.3 Å². The lowest BCUT2D eigenvalue weighted by atomic mass is 10.0. The fraction of sp³-hybridized carbons (Fsp3) is 0.873. The van der Waals surface area contributed by atoms with E-state index in [1.54, 1.807) is 0 Å². The number of carbonyl (C=O) groups excluding carboxylic acids is 3. The van der Waals surface area contributed by atoms with Gasteiger partial charge in [-0.25, -0.2) is 0 Å². The molecule has 0 rings (SSSR count). The van der Waals surface area contributed by atoms with Gasteiger partial charge in [-0.1, -0.05) is 244 Å². The van der Waals surface area contributed by atoms with Gasteiger partial charge in [0.15, 0.2) is 6.10 Å². The summed E-state index contributed by atoms with van der Waals surface area (Å²) >= 11 is 0. The van der Waals surface area contributed by atoms with Crippen LogP contribution in [0.1, 0.15) is 290 Å². The van der Waals surface area contributed by atoms with E-state index in [9.17, 15) is 14.4 Å². The Bertz CT molecular complexity index is 989. The maximum absolute atomic E-state index is 12.8. The maximum atomic E-state index is 12.8. The molecule has 1 atom stereocenters. The summed E-state index contributed by atoms with van der Waals surface area (Å²) in [4.78, 5) is 37.9. The molecule has 6 nitrogen and oxygen atoms in total. The van der Waals surface area contributed by atoms with Crippen molar-refractivity contribution < 1.29 is 28.6 Å². The van der Waals surface area contributed by atoms with E-state index < -0.39 is 6.10 Å². The largest absolute Gasteiger partial charge is 0.462 e. The molecule has 0 saturated heterocycles. The highest BCUT2D eigenvalue weighted by Gasteiger charge is 2.19. The van der Waals surface area contributed by atoms with Crippen LogP contribution in [0.2, 0.25) is 0 Å². The highest BCUT2D eigenvalue weighted by atomic mass is 16.6. The first-order valence-electron chi connectivity index (χ1n) is 26.8. The third-order valence-electron chi connectivity index (χ3n) is 12.0. The van der Waals surface area contributed by atoms with Crippen molar-refractivity contribution in [2.24, 2.45) is 0 Å². The Morgan fingerprint density at radius 2 is 0.590 bits per heavy atom. The van der Waals surface area contributed by atoms with Crippen LogP contribution < -0.4 is 0 Å². The Morgan fingerprint density at radius 1 is 0.328 bits per heavy atom. The van der Waals surface area contributed by atoms with Crippen LogP contribution in [0.15, 0.2) is 24.3 Å². The second-order valence-corrected chi connectivity index (χ2v) is 18.2. The van der Waals surface area contributed by atoms with Crippen molar-refractivity contribution in [3.05, 3.63) is 24.3 Å². The van der Waals surface area contributed by atoms with Gasteiger partial charge in [-0.15, -0.1) is 0 Å². The van der Waals surface area contributed by atoms with Gasteiger partial charge >= 0.3 is 17.9 Å². The fourth-order valence-corrected chi connectivity index (χ4v) is 7.89. The summed E-state index contributed by atoms with van der Waals surface area (Å²) in [5.41, 5.74) is 0. The van der Waals surface area contributed by atoms with E-state index in [1.807, 2.05) is 0 Å². The zero-order chi connectivity index (χ0) is 44.4. The summed E-state index contributed by atoms with van der Waals surface area (Å²) in [6.45, 7) is 6.63. The minimum absolute atomic E-state index is 0.0692. The lowest BCUT2D eigenvalue weighted by Gasteiger charge is -2.18. The predicted octanol–water partition coefficient (Wildman–Crippen LogP) is 17.5. The van der Waals surface area contributed by atoms with E-state index in [1.165, 1.54) is 180 Å². The fourth-order valence-electron chi connectivity index (χ4n) is 7.89. The zero-order valence-corrected chi connectivity index (χ0v) is 40.9. The second-order valence-electron chi connectivity index (χ2n) is 18.2. The molecule has 0 heterocycles. The van der Waals surface area contributed by atoms with Crippen molar-refractivity contribution in [3.8, 4) is 0 Å². The summed E-state index contributed by atoms with van der Waals surface area (Å²) in [5.74, 6) is -0.864. The number of ether oxygens (including phenoxy) is 3. The highest BCUT2D eigenvalue weighted by Crippen LogP contribution is 2.16. The van der Waals surface area contributed by atoms with E-state index in [2.05, 4.69) is 45.1 Å². The summed E-state index contributed by atoms with van der Waals surface area (Å²) in [6, 6.07) is 0. The topological polar surface area (TPSA) is 78.9 Å². The molecule has 0 aromatic rings. The third-order valence-corrected chi connectivity index (χ3v) is 12.0. The molecule has 0 aromatic carbocycles. The van der Waals surface area contributed by atoms with Crippen molar-refractivity contribution in [3.63, 3.8) is 0 Å². The molecule has 1 unspecified atom stereocenters. The minimum Gasteiger partial charge on any atom is -0.462 e. The van der Waals surface area contributed by atoms with Crippen LogP contribution in [0.25, 0.3) is 0 Å². The lowest BCUT2D eigenvalue weighted by Crippen LogP contribution is -2.30. The SMILES string of the molecule is CCCCCC/C=C\C/C=C\CCCCCCCCCC(=O)OCC(COC(=O)CCCCCCCCCCC)OC(=O)CCCCCCCCCCCCCCCCCC. The molecule has 0 N–H and O–H groups in total. The molecule has 0 fully saturated rings. The van der Waals surface area contributed by atoms with Crippen LogP contribution in [-0.4, -0.2) is 37.2 Å². The molecule has 0 saturated carbocycles. The van der Waals surface area contributed by atoms with E-state index in [-0.39, 0.29) is 31.1 Å². The molecule has 0 spiro atoms. The average Bonchev–Trinajstić information content (AvgIpc) is 3.26. The zero-order valence-electron chi connectivity index (χ0n) is 40.9. The summed E-state index contributed by atoms with van der Waals surface area (Å²) in [5, 5.41) is 0. The molecule has 0 aromatic heterocycles. The van der Waals surface area contributed by atoms with Crippen LogP contribution in [0.4, 0.5) is 0 Å². The summed E-state index contributed by atoms with van der Waals surface area (Å²) < 4.78 is 16.8. The van der Waals surface area contributed by atoms with Crippen LogP contribution in [0, 0.1) is 0 Å². The molecule has 6 heteroatoms. The molecule has 0 aliphatic rings. The maximum Gasteiger partial charge on any atom is 0.306 e. The predicted molar refractivity (Wildman–Crippen MR) is 261 cm³/mol. The second kappa shape index (κ2) is 50.5. The number of rotatable bonds is 49. The van der Waals surface area contributed by atoms with Gasteiger partial charge in [0.25, 0.3) is 0 Å². The van der Waals surface area contributed by atoms with Gasteiger partial charge in [-0.05, 0) is 51.4 Å². The average molecular weight is 859 g/mol. The molecular formula is C55H102O6. The van der Waals surface area contributed by atoms with Crippen LogP contribution in [0.5, 0.6) is 0 Å². The number of hydrogen-bond acceptors (Lipinski definition) is 6. The Hall–Kier alpha value is -2.11. The van der Waals surface area contributed by atoms with Gasteiger partial charge in [0.2, 0.25) is 0 Å². The van der Waals surface area contributed by atoms with Gasteiger partial charge in [0.1, 0.15) is 13.2 Å². The van der Waals surface area contributed by atoms with E-state index >= 15 is 0 Å².